The van der Waals surface area contributed by atoms with Crippen molar-refractivity contribution in [3.05, 3.63) is 11.9 Å². The van der Waals surface area contributed by atoms with Crippen LogP contribution in [0.25, 0.3) is 0 Å². The molecule has 0 spiro atoms. The molecule has 1 aromatic rings. The largest absolute Gasteiger partial charge is 0.370 e. The van der Waals surface area contributed by atoms with Gasteiger partial charge in [0.2, 0.25) is 0 Å². The van der Waals surface area contributed by atoms with Gasteiger partial charge in [0.05, 0.1) is 0 Å². The van der Waals surface area contributed by atoms with Gasteiger partial charge in [-0.15, -0.1) is 0 Å². The summed E-state index contributed by atoms with van der Waals surface area (Å²) >= 11 is 0. The van der Waals surface area contributed by atoms with Gasteiger partial charge in [-0.05, 0) is 32.1 Å². The molecule has 0 aliphatic carbocycles. The van der Waals surface area contributed by atoms with Crippen molar-refractivity contribution in [2.75, 3.05) is 17.2 Å². The summed E-state index contributed by atoms with van der Waals surface area (Å²) in [6, 6.07) is 2.05. The minimum absolute atomic E-state index is 0.139. The Morgan fingerprint density at radius 1 is 0.905 bits per heavy atom. The second-order valence-corrected chi connectivity index (χ2v) is 5.70. The average molecular weight is 292 g/mol. The lowest BCUT2D eigenvalue weighted by molar-refractivity contribution is 0.418. The molecule has 4 nitrogen and oxygen atoms in total. The fraction of sp³-hybridized carbons (Fsp3) is 0.765. The van der Waals surface area contributed by atoms with Crippen molar-refractivity contribution in [2.24, 2.45) is 0 Å². The van der Waals surface area contributed by atoms with E-state index >= 15 is 0 Å². The molecular formula is C17H32N4. The first-order valence-electron chi connectivity index (χ1n) is 8.53. The van der Waals surface area contributed by atoms with E-state index in [9.17, 15) is 0 Å². The van der Waals surface area contributed by atoms with Crippen LogP contribution in [0.4, 0.5) is 11.6 Å². The summed E-state index contributed by atoms with van der Waals surface area (Å²) in [4.78, 5) is 9.30. The zero-order valence-electron chi connectivity index (χ0n) is 14.4. The molecule has 0 saturated heterocycles. The molecule has 0 aliphatic rings. The smallest absolute Gasteiger partial charge is 0.133 e. The first-order chi connectivity index (χ1) is 10.1. The molecule has 0 amide bonds. The summed E-state index contributed by atoms with van der Waals surface area (Å²) in [6.07, 6.45) is 6.39. The molecule has 1 rings (SSSR count). The zero-order valence-corrected chi connectivity index (χ0v) is 14.4. The van der Waals surface area contributed by atoms with Gasteiger partial charge in [0, 0.05) is 24.6 Å². The van der Waals surface area contributed by atoms with Crippen LogP contribution in [0.1, 0.15) is 72.5 Å². The van der Waals surface area contributed by atoms with E-state index in [1.807, 2.05) is 6.07 Å². The van der Waals surface area contributed by atoms with Gasteiger partial charge >= 0.3 is 0 Å². The number of nitrogens with one attached hydrogen (secondary N) is 2. The number of rotatable bonds is 10. The molecule has 0 aliphatic heterocycles. The molecule has 0 unspecified atom stereocenters. The van der Waals surface area contributed by atoms with Crippen LogP contribution in [0.15, 0.2) is 6.07 Å². The monoisotopic (exact) mass is 292 g/mol. The van der Waals surface area contributed by atoms with Gasteiger partial charge in [-0.1, -0.05) is 34.6 Å². The van der Waals surface area contributed by atoms with Crippen LogP contribution in [0, 0.1) is 0 Å². The predicted octanol–water partition coefficient (Wildman–Crippen LogP) is 4.63. The molecule has 0 radical (unpaired) electrons. The van der Waals surface area contributed by atoms with Crippen molar-refractivity contribution in [1.82, 2.24) is 9.97 Å². The van der Waals surface area contributed by atoms with Crippen LogP contribution >= 0.6 is 0 Å². The van der Waals surface area contributed by atoms with E-state index in [4.69, 9.17) is 4.98 Å². The lowest BCUT2D eigenvalue weighted by atomic mass is 9.90. The summed E-state index contributed by atoms with van der Waals surface area (Å²) in [6.45, 7) is 12.0. The number of anilines is 2. The highest BCUT2D eigenvalue weighted by Crippen LogP contribution is 2.25. The minimum atomic E-state index is 0.139. The molecule has 0 fully saturated rings. The minimum Gasteiger partial charge on any atom is -0.370 e. The van der Waals surface area contributed by atoms with Gasteiger partial charge in [0.15, 0.2) is 0 Å². The van der Waals surface area contributed by atoms with Crippen LogP contribution in [0.3, 0.4) is 0 Å². The van der Waals surface area contributed by atoms with Gasteiger partial charge in [0.1, 0.15) is 17.5 Å². The van der Waals surface area contributed by atoms with Crippen molar-refractivity contribution < 1.29 is 0 Å². The van der Waals surface area contributed by atoms with Crippen molar-refractivity contribution in [1.29, 1.82) is 0 Å². The van der Waals surface area contributed by atoms with Gasteiger partial charge in [-0.2, -0.15) is 0 Å². The Kier molecular flexibility index (Phi) is 7.48. The third-order valence-corrected chi connectivity index (χ3v) is 4.23. The zero-order chi connectivity index (χ0) is 15.7. The maximum atomic E-state index is 4.70. The fourth-order valence-corrected chi connectivity index (χ4v) is 2.53. The molecule has 2 N–H and O–H groups in total. The SMILES string of the molecule is CCCNc1cc(NC(CC)(CC)CC)nc(CCC)n1. The summed E-state index contributed by atoms with van der Waals surface area (Å²) in [5.74, 6) is 2.82. The standard InChI is InChI=1S/C17H32N4/c1-6-11-14-19-15(18-12-7-2)13-16(20-14)21-17(8-3,9-4)10-5/h13H,6-12H2,1-5H3,(H2,18,19,20,21). The maximum Gasteiger partial charge on any atom is 0.133 e. The van der Waals surface area contributed by atoms with Crippen LogP contribution in [-0.4, -0.2) is 22.1 Å². The van der Waals surface area contributed by atoms with Crippen molar-refractivity contribution >= 4 is 11.6 Å². The highest BCUT2D eigenvalue weighted by molar-refractivity contribution is 5.49. The molecule has 0 aromatic carbocycles. The van der Waals surface area contributed by atoms with Crippen molar-refractivity contribution in [3.63, 3.8) is 0 Å². The fourth-order valence-electron chi connectivity index (χ4n) is 2.53. The van der Waals surface area contributed by atoms with E-state index in [1.165, 1.54) is 0 Å². The molecule has 120 valence electrons. The van der Waals surface area contributed by atoms with E-state index in [2.05, 4.69) is 50.2 Å². The third-order valence-electron chi connectivity index (χ3n) is 4.23. The van der Waals surface area contributed by atoms with E-state index in [0.29, 0.717) is 0 Å². The molecule has 0 atom stereocenters. The van der Waals surface area contributed by atoms with Crippen LogP contribution in [0.2, 0.25) is 0 Å². The summed E-state index contributed by atoms with van der Waals surface area (Å²) < 4.78 is 0. The number of nitrogens with zero attached hydrogens (tertiary/aromatic N) is 2. The highest BCUT2D eigenvalue weighted by Gasteiger charge is 2.24. The molecule has 4 heteroatoms. The van der Waals surface area contributed by atoms with Crippen molar-refractivity contribution in [2.45, 2.75) is 78.7 Å². The summed E-state index contributed by atoms with van der Waals surface area (Å²) in [5, 5.41) is 7.05. The first-order valence-corrected chi connectivity index (χ1v) is 8.53. The van der Waals surface area contributed by atoms with E-state index < -0.39 is 0 Å². The Morgan fingerprint density at radius 2 is 1.52 bits per heavy atom. The number of aromatic nitrogens is 2. The van der Waals surface area contributed by atoms with Gasteiger partial charge in [-0.25, -0.2) is 9.97 Å². The van der Waals surface area contributed by atoms with E-state index in [0.717, 1.165) is 62.5 Å². The number of hydrogen-bond donors (Lipinski definition) is 2. The number of aryl methyl sites for hydroxylation is 1. The molecule has 0 saturated carbocycles. The van der Waals surface area contributed by atoms with Gasteiger partial charge in [0.25, 0.3) is 0 Å². The third kappa shape index (κ3) is 5.18. The van der Waals surface area contributed by atoms with Crippen LogP contribution in [-0.2, 0) is 6.42 Å². The highest BCUT2D eigenvalue weighted by atomic mass is 15.1. The maximum absolute atomic E-state index is 4.70. The Labute approximate surface area is 130 Å². The van der Waals surface area contributed by atoms with Crippen LogP contribution < -0.4 is 10.6 Å². The lowest BCUT2D eigenvalue weighted by Gasteiger charge is -2.32. The molecule has 0 bridgehead atoms. The Bertz CT molecular complexity index is 405. The first kappa shape index (κ1) is 17.7. The summed E-state index contributed by atoms with van der Waals surface area (Å²) in [5.41, 5.74) is 0.139. The Morgan fingerprint density at radius 3 is 2.05 bits per heavy atom. The van der Waals surface area contributed by atoms with E-state index in [-0.39, 0.29) is 5.54 Å². The van der Waals surface area contributed by atoms with Gasteiger partial charge in [-0.3, -0.25) is 0 Å². The Balaban J connectivity index is 3.00. The molecule has 1 aromatic heterocycles. The van der Waals surface area contributed by atoms with Gasteiger partial charge < -0.3 is 10.6 Å². The summed E-state index contributed by atoms with van der Waals surface area (Å²) in [7, 11) is 0. The second-order valence-electron chi connectivity index (χ2n) is 5.70. The molecular weight excluding hydrogens is 260 g/mol. The quantitative estimate of drug-likeness (QED) is 0.660. The topological polar surface area (TPSA) is 49.8 Å². The molecule has 21 heavy (non-hydrogen) atoms. The number of hydrogen-bond acceptors (Lipinski definition) is 4. The average Bonchev–Trinajstić information content (AvgIpc) is 2.51. The van der Waals surface area contributed by atoms with Crippen molar-refractivity contribution in [3.8, 4) is 0 Å². The van der Waals surface area contributed by atoms with Crippen LogP contribution in [0.5, 0.6) is 0 Å². The Hall–Kier alpha value is -1.32. The normalized spacial score (nSPS) is 11.5. The second kappa shape index (κ2) is 8.85. The van der Waals surface area contributed by atoms with E-state index in [1.54, 1.807) is 0 Å². The molecule has 1 heterocycles. The predicted molar refractivity (Wildman–Crippen MR) is 92.0 cm³/mol. The lowest BCUT2D eigenvalue weighted by Crippen LogP contribution is -2.36.